The van der Waals surface area contributed by atoms with E-state index >= 15 is 0 Å². The number of alkyl halides is 3. The second-order valence-corrected chi connectivity index (χ2v) is 8.49. The predicted molar refractivity (Wildman–Crippen MR) is 104 cm³/mol. The summed E-state index contributed by atoms with van der Waals surface area (Å²) < 4.78 is 64.0. The van der Waals surface area contributed by atoms with Gasteiger partial charge in [-0.2, -0.15) is 18.3 Å². The Morgan fingerprint density at radius 2 is 1.89 bits per heavy atom. The van der Waals surface area contributed by atoms with E-state index in [1.54, 1.807) is 24.3 Å². The van der Waals surface area contributed by atoms with Gasteiger partial charge in [-0.3, -0.25) is 9.10 Å². The van der Waals surface area contributed by atoms with Crippen LogP contribution in [-0.4, -0.2) is 33.3 Å². The number of benzene rings is 2. The molecule has 0 spiro atoms. The number of carbonyl (C=O) groups is 1. The smallest absolute Gasteiger partial charge is 0.271 e. The van der Waals surface area contributed by atoms with Gasteiger partial charge in [0.05, 0.1) is 23.7 Å². The zero-order chi connectivity index (χ0) is 20.9. The molecule has 1 amide bonds. The minimum absolute atomic E-state index is 0.275. The first-order chi connectivity index (χ1) is 13.0. The number of sulfonamides is 1. The van der Waals surface area contributed by atoms with Gasteiger partial charge in [0.1, 0.15) is 6.54 Å². The van der Waals surface area contributed by atoms with Crippen LogP contribution in [0.15, 0.2) is 58.1 Å². The molecule has 0 saturated carbocycles. The maximum atomic E-state index is 12.9. The van der Waals surface area contributed by atoms with Crippen molar-refractivity contribution in [2.24, 2.45) is 5.10 Å². The molecule has 11 heteroatoms. The molecule has 2 rings (SSSR count). The summed E-state index contributed by atoms with van der Waals surface area (Å²) in [4.78, 5) is 12.0. The number of rotatable bonds is 6. The molecule has 0 aliphatic carbocycles. The summed E-state index contributed by atoms with van der Waals surface area (Å²) in [6.07, 6.45) is -2.50. The third-order valence-corrected chi connectivity index (χ3v) is 5.03. The van der Waals surface area contributed by atoms with E-state index in [0.29, 0.717) is 15.9 Å². The second kappa shape index (κ2) is 8.74. The summed E-state index contributed by atoms with van der Waals surface area (Å²) in [5, 5.41) is 3.72. The van der Waals surface area contributed by atoms with E-state index in [1.165, 1.54) is 12.3 Å². The normalized spacial score (nSPS) is 12.2. The first kappa shape index (κ1) is 21.9. The molecule has 0 heterocycles. The SMILES string of the molecule is CS(=O)(=O)N(CC(=O)N/N=C\c1cccc(Br)c1)c1cccc(C(F)(F)F)c1. The summed E-state index contributed by atoms with van der Waals surface area (Å²) >= 11 is 3.28. The Bertz CT molecular complexity index is 994. The van der Waals surface area contributed by atoms with Gasteiger partial charge in [0.15, 0.2) is 0 Å². The monoisotopic (exact) mass is 477 g/mol. The molecule has 0 saturated heterocycles. The Balaban J connectivity index is 2.16. The molecule has 2 aromatic rings. The zero-order valence-corrected chi connectivity index (χ0v) is 16.8. The Kier molecular flexibility index (Phi) is 6.83. The van der Waals surface area contributed by atoms with Gasteiger partial charge in [0, 0.05) is 4.47 Å². The Morgan fingerprint density at radius 3 is 2.50 bits per heavy atom. The van der Waals surface area contributed by atoms with E-state index in [1.807, 2.05) is 0 Å². The van der Waals surface area contributed by atoms with Crippen LogP contribution in [0.5, 0.6) is 0 Å². The number of hydrogen-bond donors (Lipinski definition) is 1. The average molecular weight is 478 g/mol. The van der Waals surface area contributed by atoms with Crippen LogP contribution in [0.4, 0.5) is 18.9 Å². The molecule has 0 aliphatic heterocycles. The molecule has 150 valence electrons. The number of nitrogens with zero attached hydrogens (tertiary/aromatic N) is 2. The van der Waals surface area contributed by atoms with Crippen LogP contribution in [0.3, 0.4) is 0 Å². The van der Waals surface area contributed by atoms with Gasteiger partial charge >= 0.3 is 6.18 Å². The van der Waals surface area contributed by atoms with Crippen LogP contribution in [0, 0.1) is 0 Å². The molecule has 0 radical (unpaired) electrons. The highest BCUT2D eigenvalue weighted by Gasteiger charge is 2.31. The molecule has 0 atom stereocenters. The van der Waals surface area contributed by atoms with Crippen LogP contribution in [-0.2, 0) is 21.0 Å². The fourth-order valence-electron chi connectivity index (χ4n) is 2.17. The van der Waals surface area contributed by atoms with Crippen LogP contribution in [0.25, 0.3) is 0 Å². The van der Waals surface area contributed by atoms with Crippen molar-refractivity contribution in [2.75, 3.05) is 17.1 Å². The molecule has 0 unspecified atom stereocenters. The lowest BCUT2D eigenvalue weighted by Crippen LogP contribution is -2.39. The van der Waals surface area contributed by atoms with Crippen molar-refractivity contribution < 1.29 is 26.4 Å². The van der Waals surface area contributed by atoms with E-state index in [-0.39, 0.29) is 5.69 Å². The van der Waals surface area contributed by atoms with Crippen molar-refractivity contribution in [1.29, 1.82) is 0 Å². The summed E-state index contributed by atoms with van der Waals surface area (Å²) in [7, 11) is -4.01. The van der Waals surface area contributed by atoms with Gasteiger partial charge in [-0.05, 0) is 35.9 Å². The molecule has 1 N–H and O–H groups in total. The van der Waals surface area contributed by atoms with Crippen molar-refractivity contribution in [3.05, 3.63) is 64.1 Å². The predicted octanol–water partition coefficient (Wildman–Crippen LogP) is 3.38. The lowest BCUT2D eigenvalue weighted by molar-refractivity contribution is -0.137. The lowest BCUT2D eigenvalue weighted by Gasteiger charge is -2.22. The Hall–Kier alpha value is -2.40. The van der Waals surface area contributed by atoms with E-state index < -0.39 is 34.2 Å². The number of nitrogens with one attached hydrogen (secondary N) is 1. The first-order valence-electron chi connectivity index (χ1n) is 7.69. The number of amides is 1. The molecular formula is C17H15BrF3N3O3S. The molecule has 6 nitrogen and oxygen atoms in total. The van der Waals surface area contributed by atoms with E-state index in [0.717, 1.165) is 22.9 Å². The molecular weight excluding hydrogens is 463 g/mol. The van der Waals surface area contributed by atoms with E-state index in [9.17, 15) is 26.4 Å². The van der Waals surface area contributed by atoms with Crippen LogP contribution >= 0.6 is 15.9 Å². The highest BCUT2D eigenvalue weighted by atomic mass is 79.9. The van der Waals surface area contributed by atoms with Gasteiger partial charge < -0.3 is 0 Å². The van der Waals surface area contributed by atoms with E-state index in [2.05, 4.69) is 26.5 Å². The number of hydrogen-bond acceptors (Lipinski definition) is 4. The number of halogens is 4. The number of anilines is 1. The molecule has 2 aromatic carbocycles. The van der Waals surface area contributed by atoms with Gasteiger partial charge in [-0.25, -0.2) is 13.8 Å². The Morgan fingerprint density at radius 1 is 1.21 bits per heavy atom. The standard InChI is InChI=1S/C17H15BrF3N3O3S/c1-28(26,27)24(15-7-3-5-13(9-15)17(19,20)21)11-16(25)23-22-10-12-4-2-6-14(18)8-12/h2-10H,11H2,1H3,(H,23,25)/b22-10-. The van der Waals surface area contributed by atoms with E-state index in [4.69, 9.17) is 0 Å². The third kappa shape index (κ3) is 6.34. The fraction of sp³-hybridized carbons (Fsp3) is 0.176. The van der Waals surface area contributed by atoms with Gasteiger partial charge in [-0.1, -0.05) is 34.1 Å². The van der Waals surface area contributed by atoms with Crippen LogP contribution in [0.2, 0.25) is 0 Å². The summed E-state index contributed by atoms with van der Waals surface area (Å²) in [6, 6.07) is 10.7. The van der Waals surface area contributed by atoms with Crippen LogP contribution < -0.4 is 9.73 Å². The quantitative estimate of drug-likeness (QED) is 0.511. The molecule has 0 aliphatic rings. The van der Waals surface area contributed by atoms with Crippen molar-refractivity contribution in [3.8, 4) is 0 Å². The van der Waals surface area contributed by atoms with Crippen molar-refractivity contribution in [3.63, 3.8) is 0 Å². The van der Waals surface area contributed by atoms with Gasteiger partial charge in [0.2, 0.25) is 10.0 Å². The lowest BCUT2D eigenvalue weighted by atomic mass is 10.2. The molecule has 0 aromatic heterocycles. The van der Waals surface area contributed by atoms with Gasteiger partial charge in [0.25, 0.3) is 5.91 Å². The Labute approximate surface area is 168 Å². The summed E-state index contributed by atoms with van der Waals surface area (Å²) in [5.41, 5.74) is 1.53. The minimum Gasteiger partial charge on any atom is -0.271 e. The summed E-state index contributed by atoms with van der Waals surface area (Å²) in [5.74, 6) is -0.811. The second-order valence-electron chi connectivity index (χ2n) is 5.67. The molecule has 28 heavy (non-hydrogen) atoms. The zero-order valence-electron chi connectivity index (χ0n) is 14.4. The fourth-order valence-corrected chi connectivity index (χ4v) is 3.43. The summed E-state index contributed by atoms with van der Waals surface area (Å²) in [6.45, 7) is -0.726. The average Bonchev–Trinajstić information content (AvgIpc) is 2.58. The number of carbonyl (C=O) groups excluding carboxylic acids is 1. The highest BCUT2D eigenvalue weighted by molar-refractivity contribution is 9.10. The van der Waals surface area contributed by atoms with Crippen molar-refractivity contribution in [1.82, 2.24) is 5.43 Å². The minimum atomic E-state index is -4.64. The first-order valence-corrected chi connectivity index (χ1v) is 10.3. The van der Waals surface area contributed by atoms with Crippen molar-refractivity contribution >= 4 is 43.8 Å². The third-order valence-electron chi connectivity index (χ3n) is 3.40. The van der Waals surface area contributed by atoms with Crippen LogP contribution in [0.1, 0.15) is 11.1 Å². The molecule has 0 fully saturated rings. The molecule has 0 bridgehead atoms. The largest absolute Gasteiger partial charge is 0.416 e. The van der Waals surface area contributed by atoms with Gasteiger partial charge in [-0.15, -0.1) is 0 Å². The maximum Gasteiger partial charge on any atom is 0.416 e. The van der Waals surface area contributed by atoms with Crippen molar-refractivity contribution in [2.45, 2.75) is 6.18 Å². The highest BCUT2D eigenvalue weighted by Crippen LogP contribution is 2.32. The topological polar surface area (TPSA) is 78.8 Å². The maximum absolute atomic E-state index is 12.9. The number of hydrazone groups is 1.